The van der Waals surface area contributed by atoms with Gasteiger partial charge in [0.25, 0.3) is 5.56 Å². The van der Waals surface area contributed by atoms with Crippen LogP contribution in [0.3, 0.4) is 0 Å². The third-order valence-corrected chi connectivity index (χ3v) is 5.99. The van der Waals surface area contributed by atoms with E-state index in [9.17, 15) is 14.7 Å². The lowest BCUT2D eigenvalue weighted by Crippen LogP contribution is -2.22. The highest BCUT2D eigenvalue weighted by atomic mass is 32.1. The number of aromatic carboxylic acids is 1. The van der Waals surface area contributed by atoms with Crippen LogP contribution in [0.5, 0.6) is 0 Å². The molecule has 1 aliphatic rings. The number of thiophene rings is 1. The van der Waals surface area contributed by atoms with Gasteiger partial charge in [0, 0.05) is 35.5 Å². The van der Waals surface area contributed by atoms with E-state index in [2.05, 4.69) is 15.3 Å². The van der Waals surface area contributed by atoms with Crippen LogP contribution in [0.4, 0.5) is 0 Å². The minimum absolute atomic E-state index is 0.116. The van der Waals surface area contributed by atoms with Crippen molar-refractivity contribution in [3.8, 4) is 0 Å². The zero-order valence-electron chi connectivity index (χ0n) is 14.2. The summed E-state index contributed by atoms with van der Waals surface area (Å²) in [5.41, 5.74) is 3.37. The van der Waals surface area contributed by atoms with E-state index in [1.807, 2.05) is 13.8 Å². The average Bonchev–Trinajstić information content (AvgIpc) is 3.26. The summed E-state index contributed by atoms with van der Waals surface area (Å²) in [6, 6.07) is 0. The number of hydrogen-bond acceptors (Lipinski definition) is 5. The third kappa shape index (κ3) is 2.48. The second-order valence-corrected chi connectivity index (χ2v) is 7.69. The number of fused-ring (bicyclic) bond motifs is 1. The Morgan fingerprint density at radius 3 is 2.68 bits per heavy atom. The largest absolute Gasteiger partial charge is 0.478 e. The van der Waals surface area contributed by atoms with Gasteiger partial charge in [0.15, 0.2) is 0 Å². The lowest BCUT2D eigenvalue weighted by atomic mass is 10.0. The Hall–Kier alpha value is -2.48. The molecule has 4 rings (SSSR count). The summed E-state index contributed by atoms with van der Waals surface area (Å²) in [6.07, 6.45) is 2.52. The maximum absolute atomic E-state index is 12.6. The first kappa shape index (κ1) is 16.0. The number of hydrogen-bond donors (Lipinski definition) is 2. The summed E-state index contributed by atoms with van der Waals surface area (Å²) in [7, 11) is 1.58. The topological polar surface area (TPSA) is 101 Å². The molecule has 7 nitrogen and oxygen atoms in total. The van der Waals surface area contributed by atoms with Crippen LogP contribution in [0.1, 0.15) is 56.6 Å². The van der Waals surface area contributed by atoms with Gasteiger partial charge >= 0.3 is 5.97 Å². The van der Waals surface area contributed by atoms with Crippen molar-refractivity contribution in [3.63, 3.8) is 0 Å². The molecular formula is C17H18N4O3S. The van der Waals surface area contributed by atoms with Gasteiger partial charge in [0.1, 0.15) is 0 Å². The highest BCUT2D eigenvalue weighted by Crippen LogP contribution is 2.44. The molecule has 0 unspecified atom stereocenters. The zero-order chi connectivity index (χ0) is 17.9. The van der Waals surface area contributed by atoms with Gasteiger partial charge in [-0.3, -0.25) is 9.89 Å². The first-order chi connectivity index (χ1) is 11.9. The van der Waals surface area contributed by atoms with E-state index in [-0.39, 0.29) is 11.1 Å². The Labute approximate surface area is 147 Å². The van der Waals surface area contributed by atoms with Crippen molar-refractivity contribution in [2.75, 3.05) is 0 Å². The van der Waals surface area contributed by atoms with Gasteiger partial charge in [-0.05, 0) is 26.7 Å². The molecule has 1 aliphatic carbocycles. The van der Waals surface area contributed by atoms with Crippen molar-refractivity contribution in [3.05, 3.63) is 43.4 Å². The minimum Gasteiger partial charge on any atom is -0.478 e. The standard InChI is InChI=1S/C17H18N4O3S/c1-7-10(8(2)19-18-7)6-11-12(17(23)24)13-15(25-11)14(9-4-5-9)20-21(3)16(13)22/h9H,4-6H2,1-3H3,(H,18,19)(H,23,24). The molecule has 1 saturated carbocycles. The number of aromatic amines is 1. The van der Waals surface area contributed by atoms with Gasteiger partial charge in [-0.15, -0.1) is 11.3 Å². The van der Waals surface area contributed by atoms with Crippen molar-refractivity contribution >= 4 is 27.4 Å². The van der Waals surface area contributed by atoms with Crippen LogP contribution in [0.25, 0.3) is 10.1 Å². The molecule has 0 amide bonds. The Morgan fingerprint density at radius 1 is 1.40 bits per heavy atom. The van der Waals surface area contributed by atoms with Crippen LogP contribution in [0, 0.1) is 13.8 Å². The van der Waals surface area contributed by atoms with E-state index in [0.717, 1.165) is 40.2 Å². The van der Waals surface area contributed by atoms with Crippen LogP contribution in [0.2, 0.25) is 0 Å². The number of carboxylic acid groups (broad SMARTS) is 1. The predicted octanol–water partition coefficient (Wildman–Crippen LogP) is 2.50. The molecule has 3 aromatic rings. The fraction of sp³-hybridized carbons (Fsp3) is 0.412. The van der Waals surface area contributed by atoms with Crippen molar-refractivity contribution in [1.82, 2.24) is 20.0 Å². The fourth-order valence-electron chi connectivity index (χ4n) is 3.25. The average molecular weight is 358 g/mol. The number of carboxylic acids is 1. The number of H-pyrrole nitrogens is 1. The van der Waals surface area contributed by atoms with Crippen LogP contribution < -0.4 is 5.56 Å². The number of aromatic nitrogens is 4. The normalized spacial score (nSPS) is 14.4. The van der Waals surface area contributed by atoms with E-state index in [0.29, 0.717) is 22.6 Å². The van der Waals surface area contributed by atoms with Crippen LogP contribution >= 0.6 is 11.3 Å². The molecule has 3 heterocycles. The van der Waals surface area contributed by atoms with Gasteiger partial charge in [-0.25, -0.2) is 9.48 Å². The summed E-state index contributed by atoms with van der Waals surface area (Å²) >= 11 is 1.39. The Balaban J connectivity index is 2.00. The second kappa shape index (κ2) is 5.52. The number of carbonyl (C=O) groups is 1. The molecule has 0 atom stereocenters. The van der Waals surface area contributed by atoms with Gasteiger partial charge in [-0.1, -0.05) is 0 Å². The number of rotatable bonds is 4. The Bertz CT molecular complexity index is 1050. The molecule has 0 bridgehead atoms. The molecule has 3 aromatic heterocycles. The molecule has 2 N–H and O–H groups in total. The lowest BCUT2D eigenvalue weighted by molar-refractivity contribution is 0.0698. The van der Waals surface area contributed by atoms with Crippen LogP contribution in [0.15, 0.2) is 4.79 Å². The van der Waals surface area contributed by atoms with Crippen molar-refractivity contribution in [2.45, 2.75) is 39.0 Å². The third-order valence-electron chi connectivity index (χ3n) is 4.78. The van der Waals surface area contributed by atoms with Gasteiger partial charge in [0.05, 0.1) is 27.0 Å². The minimum atomic E-state index is -1.06. The predicted molar refractivity (Wildman–Crippen MR) is 94.7 cm³/mol. The number of nitrogens with one attached hydrogen (secondary N) is 1. The first-order valence-corrected chi connectivity index (χ1v) is 8.96. The summed E-state index contributed by atoms with van der Waals surface area (Å²) < 4.78 is 2.00. The SMILES string of the molecule is Cc1n[nH]c(C)c1Cc1sc2c(C3CC3)nn(C)c(=O)c2c1C(=O)O. The molecule has 1 fully saturated rings. The fourth-order valence-corrected chi connectivity index (χ4v) is 4.60. The maximum Gasteiger partial charge on any atom is 0.337 e. The van der Waals surface area contributed by atoms with Crippen LogP contribution in [-0.2, 0) is 13.5 Å². The summed E-state index contributed by atoms with van der Waals surface area (Å²) in [5.74, 6) is -0.732. The van der Waals surface area contributed by atoms with E-state index in [1.54, 1.807) is 7.05 Å². The summed E-state index contributed by atoms with van der Waals surface area (Å²) in [5, 5.41) is 21.6. The maximum atomic E-state index is 12.6. The molecule has 0 aromatic carbocycles. The Morgan fingerprint density at radius 2 is 2.12 bits per heavy atom. The van der Waals surface area contributed by atoms with Crippen molar-refractivity contribution in [2.24, 2.45) is 7.05 Å². The molecule has 25 heavy (non-hydrogen) atoms. The molecule has 130 valence electrons. The quantitative estimate of drug-likeness (QED) is 0.746. The molecule has 0 spiro atoms. The van der Waals surface area contributed by atoms with Gasteiger partial charge in [-0.2, -0.15) is 10.2 Å². The van der Waals surface area contributed by atoms with E-state index >= 15 is 0 Å². The molecule has 0 saturated heterocycles. The van der Waals surface area contributed by atoms with E-state index in [1.165, 1.54) is 16.0 Å². The molecular weight excluding hydrogens is 340 g/mol. The Kier molecular flexibility index (Phi) is 3.54. The first-order valence-electron chi connectivity index (χ1n) is 8.14. The second-order valence-electron chi connectivity index (χ2n) is 6.59. The van der Waals surface area contributed by atoms with Gasteiger partial charge in [0.2, 0.25) is 0 Å². The zero-order valence-corrected chi connectivity index (χ0v) is 15.0. The summed E-state index contributed by atoms with van der Waals surface area (Å²) in [6.45, 7) is 3.81. The monoisotopic (exact) mass is 358 g/mol. The van der Waals surface area contributed by atoms with E-state index in [4.69, 9.17) is 0 Å². The number of aryl methyl sites for hydroxylation is 3. The van der Waals surface area contributed by atoms with Crippen molar-refractivity contribution < 1.29 is 9.90 Å². The highest BCUT2D eigenvalue weighted by Gasteiger charge is 2.32. The summed E-state index contributed by atoms with van der Waals surface area (Å²) in [4.78, 5) is 25.3. The smallest absolute Gasteiger partial charge is 0.337 e. The lowest BCUT2D eigenvalue weighted by Gasteiger charge is -2.03. The van der Waals surface area contributed by atoms with Crippen LogP contribution in [-0.4, -0.2) is 31.1 Å². The molecule has 0 aliphatic heterocycles. The molecule has 8 heteroatoms. The number of nitrogens with zero attached hydrogens (tertiary/aromatic N) is 3. The molecule has 0 radical (unpaired) electrons. The van der Waals surface area contributed by atoms with Crippen molar-refractivity contribution in [1.29, 1.82) is 0 Å². The van der Waals surface area contributed by atoms with E-state index < -0.39 is 5.97 Å². The van der Waals surface area contributed by atoms with Gasteiger partial charge < -0.3 is 5.11 Å². The highest BCUT2D eigenvalue weighted by molar-refractivity contribution is 7.19.